The number of hydrogen-bond acceptors (Lipinski definition) is 3. The standard InChI is InChI=1S/C24H29NO3/c1-16-20-11-7-6-10-18(20)12-13-21(16)23(26)25-15-19(14-22(25)24(27)28-2)17-8-4-3-5-9-17/h6-7,10-13,17,19,22H,3-5,8-9,14-15H2,1-2H3. The first-order chi connectivity index (χ1) is 13.6. The van der Waals surface area contributed by atoms with Crippen LogP contribution in [0.4, 0.5) is 0 Å². The van der Waals surface area contributed by atoms with E-state index in [1.54, 1.807) is 4.90 Å². The van der Waals surface area contributed by atoms with Crippen molar-refractivity contribution >= 4 is 22.6 Å². The molecular formula is C24H29NO3. The average molecular weight is 380 g/mol. The van der Waals surface area contributed by atoms with Crippen molar-refractivity contribution in [1.82, 2.24) is 4.90 Å². The summed E-state index contributed by atoms with van der Waals surface area (Å²) in [6.07, 6.45) is 7.01. The molecule has 4 nitrogen and oxygen atoms in total. The molecule has 2 unspecified atom stereocenters. The van der Waals surface area contributed by atoms with Gasteiger partial charge in [-0.15, -0.1) is 0 Å². The van der Waals surface area contributed by atoms with Crippen LogP contribution < -0.4 is 0 Å². The smallest absolute Gasteiger partial charge is 0.328 e. The van der Waals surface area contributed by atoms with Gasteiger partial charge in [0, 0.05) is 12.1 Å². The van der Waals surface area contributed by atoms with E-state index < -0.39 is 6.04 Å². The number of ether oxygens (including phenoxy) is 1. The predicted molar refractivity (Wildman–Crippen MR) is 110 cm³/mol. The van der Waals surface area contributed by atoms with Gasteiger partial charge in [0.15, 0.2) is 0 Å². The highest BCUT2D eigenvalue weighted by Crippen LogP contribution is 2.38. The Labute approximate surface area is 166 Å². The topological polar surface area (TPSA) is 46.6 Å². The summed E-state index contributed by atoms with van der Waals surface area (Å²) in [4.78, 5) is 27.7. The minimum absolute atomic E-state index is 0.0445. The van der Waals surface area contributed by atoms with Crippen LogP contribution in [-0.4, -0.2) is 36.5 Å². The number of carbonyl (C=O) groups is 2. The summed E-state index contributed by atoms with van der Waals surface area (Å²) >= 11 is 0. The van der Waals surface area contributed by atoms with E-state index in [1.165, 1.54) is 39.2 Å². The molecule has 1 aliphatic carbocycles. The molecule has 0 aromatic heterocycles. The Balaban J connectivity index is 1.64. The molecule has 4 heteroatoms. The van der Waals surface area contributed by atoms with Crippen LogP contribution in [0.3, 0.4) is 0 Å². The first-order valence-electron chi connectivity index (χ1n) is 10.5. The van der Waals surface area contributed by atoms with Crippen LogP contribution in [0.5, 0.6) is 0 Å². The first-order valence-corrected chi connectivity index (χ1v) is 10.5. The lowest BCUT2D eigenvalue weighted by molar-refractivity contribution is -0.145. The molecule has 148 valence electrons. The Morgan fingerprint density at radius 2 is 1.75 bits per heavy atom. The number of amides is 1. The molecule has 0 N–H and O–H groups in total. The summed E-state index contributed by atoms with van der Waals surface area (Å²) in [7, 11) is 1.42. The van der Waals surface area contributed by atoms with Crippen LogP contribution in [0.2, 0.25) is 0 Å². The van der Waals surface area contributed by atoms with Crippen molar-refractivity contribution in [3.05, 3.63) is 47.5 Å². The summed E-state index contributed by atoms with van der Waals surface area (Å²) in [6, 6.07) is 11.5. The van der Waals surface area contributed by atoms with Gasteiger partial charge in [-0.3, -0.25) is 4.79 Å². The highest BCUT2D eigenvalue weighted by molar-refractivity contribution is 6.02. The van der Waals surface area contributed by atoms with E-state index in [-0.39, 0.29) is 11.9 Å². The molecule has 1 amide bonds. The number of esters is 1. The van der Waals surface area contributed by atoms with Crippen molar-refractivity contribution in [1.29, 1.82) is 0 Å². The number of carbonyl (C=O) groups excluding carboxylic acids is 2. The van der Waals surface area contributed by atoms with Crippen LogP contribution >= 0.6 is 0 Å². The molecule has 1 heterocycles. The first kappa shape index (κ1) is 19.0. The largest absolute Gasteiger partial charge is 0.467 e. The molecule has 2 aliphatic rings. The Kier molecular flexibility index (Phi) is 5.38. The molecule has 2 atom stereocenters. The number of hydrogen-bond donors (Lipinski definition) is 0. The second-order valence-electron chi connectivity index (χ2n) is 8.35. The van der Waals surface area contributed by atoms with Gasteiger partial charge in [-0.1, -0.05) is 62.4 Å². The fraction of sp³-hybridized carbons (Fsp3) is 0.500. The van der Waals surface area contributed by atoms with Gasteiger partial charge >= 0.3 is 5.97 Å². The number of nitrogens with zero attached hydrogens (tertiary/aromatic N) is 1. The summed E-state index contributed by atoms with van der Waals surface area (Å²) in [5.74, 6) is 0.688. The average Bonchev–Trinajstić information content (AvgIpc) is 3.19. The molecule has 2 aromatic carbocycles. The summed E-state index contributed by atoms with van der Waals surface area (Å²) < 4.78 is 5.05. The number of likely N-dealkylation sites (tertiary alicyclic amines) is 1. The SMILES string of the molecule is COC(=O)C1CC(C2CCCCC2)CN1C(=O)c1ccc2ccccc2c1C. The highest BCUT2D eigenvalue weighted by atomic mass is 16.5. The van der Waals surface area contributed by atoms with Gasteiger partial charge in [-0.05, 0) is 47.6 Å². The van der Waals surface area contributed by atoms with Crippen LogP contribution in [0.1, 0.15) is 54.4 Å². The van der Waals surface area contributed by atoms with Crippen molar-refractivity contribution in [3.8, 4) is 0 Å². The van der Waals surface area contributed by atoms with Gasteiger partial charge in [0.05, 0.1) is 7.11 Å². The molecule has 0 bridgehead atoms. The molecule has 4 rings (SSSR count). The molecule has 28 heavy (non-hydrogen) atoms. The normalized spacial score (nSPS) is 23.1. The van der Waals surface area contributed by atoms with Gasteiger partial charge in [0.1, 0.15) is 6.04 Å². The third kappa shape index (κ3) is 3.41. The lowest BCUT2D eigenvalue weighted by Gasteiger charge is -2.27. The van der Waals surface area contributed by atoms with E-state index >= 15 is 0 Å². The maximum absolute atomic E-state index is 13.5. The zero-order chi connectivity index (χ0) is 19.7. The molecule has 2 aromatic rings. The van der Waals surface area contributed by atoms with Gasteiger partial charge < -0.3 is 9.64 Å². The number of fused-ring (bicyclic) bond motifs is 1. The summed E-state index contributed by atoms with van der Waals surface area (Å²) in [6.45, 7) is 2.66. The molecule has 0 spiro atoms. The summed E-state index contributed by atoms with van der Waals surface area (Å²) in [5, 5.41) is 2.22. The molecule has 1 aliphatic heterocycles. The van der Waals surface area contributed by atoms with E-state index in [0.717, 1.165) is 22.8 Å². The van der Waals surface area contributed by atoms with E-state index in [2.05, 4.69) is 6.07 Å². The second-order valence-corrected chi connectivity index (χ2v) is 8.35. The third-order valence-electron chi connectivity index (χ3n) is 6.81. The zero-order valence-corrected chi connectivity index (χ0v) is 16.8. The van der Waals surface area contributed by atoms with Crippen LogP contribution in [-0.2, 0) is 9.53 Å². The van der Waals surface area contributed by atoms with E-state index in [1.807, 2.05) is 37.3 Å². The number of methoxy groups -OCH3 is 1. The molecule has 0 radical (unpaired) electrons. The molecule has 1 saturated carbocycles. The summed E-state index contributed by atoms with van der Waals surface area (Å²) in [5.41, 5.74) is 1.67. The van der Waals surface area contributed by atoms with Crippen molar-refractivity contribution in [2.75, 3.05) is 13.7 Å². The Morgan fingerprint density at radius 3 is 2.50 bits per heavy atom. The number of benzene rings is 2. The number of aryl methyl sites for hydroxylation is 1. The maximum atomic E-state index is 13.5. The quantitative estimate of drug-likeness (QED) is 0.724. The van der Waals surface area contributed by atoms with Crippen molar-refractivity contribution < 1.29 is 14.3 Å². The van der Waals surface area contributed by atoms with Gasteiger partial charge in [-0.2, -0.15) is 0 Å². The van der Waals surface area contributed by atoms with Crippen molar-refractivity contribution in [2.24, 2.45) is 11.8 Å². The lowest BCUT2D eigenvalue weighted by atomic mass is 9.79. The van der Waals surface area contributed by atoms with Crippen LogP contribution in [0.15, 0.2) is 36.4 Å². The Morgan fingerprint density at radius 1 is 1.00 bits per heavy atom. The van der Waals surface area contributed by atoms with Gasteiger partial charge in [-0.25, -0.2) is 4.79 Å². The minimum Gasteiger partial charge on any atom is -0.467 e. The molecule has 1 saturated heterocycles. The van der Waals surface area contributed by atoms with Gasteiger partial charge in [0.25, 0.3) is 5.91 Å². The van der Waals surface area contributed by atoms with Crippen molar-refractivity contribution in [3.63, 3.8) is 0 Å². The monoisotopic (exact) mass is 379 g/mol. The maximum Gasteiger partial charge on any atom is 0.328 e. The highest BCUT2D eigenvalue weighted by Gasteiger charge is 2.43. The van der Waals surface area contributed by atoms with Gasteiger partial charge in [0.2, 0.25) is 0 Å². The van der Waals surface area contributed by atoms with Crippen LogP contribution in [0, 0.1) is 18.8 Å². The zero-order valence-electron chi connectivity index (χ0n) is 16.8. The molecular weight excluding hydrogens is 350 g/mol. The van der Waals surface area contributed by atoms with E-state index in [4.69, 9.17) is 4.74 Å². The lowest BCUT2D eigenvalue weighted by Crippen LogP contribution is -2.41. The molecule has 2 fully saturated rings. The van der Waals surface area contributed by atoms with E-state index in [9.17, 15) is 9.59 Å². The van der Waals surface area contributed by atoms with Crippen molar-refractivity contribution in [2.45, 2.75) is 51.5 Å². The third-order valence-corrected chi connectivity index (χ3v) is 6.81. The number of rotatable bonds is 3. The Hall–Kier alpha value is -2.36. The minimum atomic E-state index is -0.463. The fourth-order valence-corrected chi connectivity index (χ4v) is 5.21. The predicted octanol–water partition coefficient (Wildman–Crippen LogP) is 4.73. The Bertz CT molecular complexity index is 885. The van der Waals surface area contributed by atoms with Crippen LogP contribution in [0.25, 0.3) is 10.8 Å². The second kappa shape index (κ2) is 7.94. The fourth-order valence-electron chi connectivity index (χ4n) is 5.21. The van der Waals surface area contributed by atoms with E-state index in [0.29, 0.717) is 23.9 Å².